The summed E-state index contributed by atoms with van der Waals surface area (Å²) in [5.74, 6) is -0.166. The molecule has 0 saturated carbocycles. The highest BCUT2D eigenvalue weighted by molar-refractivity contribution is 5.95. The van der Waals surface area contributed by atoms with E-state index in [-0.39, 0.29) is 25.0 Å². The van der Waals surface area contributed by atoms with Crippen molar-refractivity contribution in [3.8, 4) is 5.75 Å². The van der Waals surface area contributed by atoms with Gasteiger partial charge in [-0.2, -0.15) is 0 Å². The van der Waals surface area contributed by atoms with Gasteiger partial charge in [-0.25, -0.2) is 0 Å². The first-order chi connectivity index (χ1) is 12.0. The number of hydrogen-bond acceptors (Lipinski definition) is 4. The summed E-state index contributed by atoms with van der Waals surface area (Å²) in [6.45, 7) is 3.64. The van der Waals surface area contributed by atoms with Gasteiger partial charge < -0.3 is 20.5 Å². The molecule has 0 radical (unpaired) electrons. The van der Waals surface area contributed by atoms with Crippen LogP contribution in [-0.4, -0.2) is 36.2 Å². The number of hydrogen-bond donors (Lipinski definition) is 3. The smallest absolute Gasteiger partial charge is 0.265 e. The van der Waals surface area contributed by atoms with E-state index in [0.717, 1.165) is 5.56 Å². The molecule has 0 aliphatic heterocycles. The first-order valence-electron chi connectivity index (χ1n) is 8.03. The largest absolute Gasteiger partial charge is 0.481 e. The molecule has 2 aromatic rings. The standard InChI is InChI=1S/C19H22N2O4/c1-13-5-3-7-16(11-13)21-18(23)14(2)25-17-8-4-6-15(12-17)19(24)20-9-10-22/h3-8,11-12,14,22H,9-10H2,1-2H3,(H,20,24)(H,21,23)/t14-/m0/s1. The van der Waals surface area contributed by atoms with Crippen molar-refractivity contribution < 1.29 is 19.4 Å². The maximum Gasteiger partial charge on any atom is 0.265 e. The molecule has 6 nitrogen and oxygen atoms in total. The van der Waals surface area contributed by atoms with Gasteiger partial charge >= 0.3 is 0 Å². The lowest BCUT2D eigenvalue weighted by Crippen LogP contribution is -2.30. The van der Waals surface area contributed by atoms with Gasteiger partial charge in [0.1, 0.15) is 5.75 Å². The highest BCUT2D eigenvalue weighted by atomic mass is 16.5. The maximum atomic E-state index is 12.2. The van der Waals surface area contributed by atoms with E-state index >= 15 is 0 Å². The highest BCUT2D eigenvalue weighted by Gasteiger charge is 2.16. The van der Waals surface area contributed by atoms with Crippen molar-refractivity contribution in [2.24, 2.45) is 0 Å². The number of benzene rings is 2. The minimum atomic E-state index is -0.726. The maximum absolute atomic E-state index is 12.2. The second-order valence-electron chi connectivity index (χ2n) is 5.63. The predicted molar refractivity (Wildman–Crippen MR) is 95.8 cm³/mol. The van der Waals surface area contributed by atoms with Crippen LogP contribution in [-0.2, 0) is 4.79 Å². The summed E-state index contributed by atoms with van der Waals surface area (Å²) in [5.41, 5.74) is 2.16. The number of rotatable bonds is 7. The van der Waals surface area contributed by atoms with E-state index in [4.69, 9.17) is 9.84 Å². The van der Waals surface area contributed by atoms with Gasteiger partial charge in [-0.1, -0.05) is 18.2 Å². The normalized spacial score (nSPS) is 11.5. The lowest BCUT2D eigenvalue weighted by Gasteiger charge is -2.15. The van der Waals surface area contributed by atoms with Crippen LogP contribution in [0.4, 0.5) is 5.69 Å². The Morgan fingerprint density at radius 3 is 2.64 bits per heavy atom. The van der Waals surface area contributed by atoms with Crippen molar-refractivity contribution in [3.05, 3.63) is 59.7 Å². The summed E-state index contributed by atoms with van der Waals surface area (Å²) in [4.78, 5) is 24.1. The topological polar surface area (TPSA) is 87.7 Å². The van der Waals surface area contributed by atoms with Crippen LogP contribution in [0, 0.1) is 6.92 Å². The Bertz CT molecular complexity index is 746. The SMILES string of the molecule is Cc1cccc(NC(=O)[C@H](C)Oc2cccc(C(=O)NCCO)c2)c1. The summed E-state index contributed by atoms with van der Waals surface area (Å²) in [7, 11) is 0. The van der Waals surface area contributed by atoms with Crippen molar-refractivity contribution in [1.29, 1.82) is 0 Å². The minimum absolute atomic E-state index is 0.127. The first-order valence-corrected chi connectivity index (χ1v) is 8.03. The molecule has 1 atom stereocenters. The minimum Gasteiger partial charge on any atom is -0.481 e. The summed E-state index contributed by atoms with van der Waals surface area (Å²) in [6, 6.07) is 14.0. The van der Waals surface area contributed by atoms with Crippen molar-refractivity contribution >= 4 is 17.5 Å². The van der Waals surface area contributed by atoms with Gasteiger partial charge in [-0.3, -0.25) is 9.59 Å². The molecule has 2 rings (SSSR count). The van der Waals surface area contributed by atoms with Crippen LogP contribution in [0.25, 0.3) is 0 Å². The second kappa shape index (κ2) is 8.84. The molecule has 0 heterocycles. The predicted octanol–water partition coefficient (Wildman–Crippen LogP) is 2.12. The van der Waals surface area contributed by atoms with Crippen LogP contribution in [0.1, 0.15) is 22.8 Å². The van der Waals surface area contributed by atoms with Crippen LogP contribution in [0.15, 0.2) is 48.5 Å². The number of aryl methyl sites for hydroxylation is 1. The molecule has 0 aliphatic rings. The molecular formula is C19H22N2O4. The van der Waals surface area contributed by atoms with E-state index in [1.165, 1.54) is 0 Å². The summed E-state index contributed by atoms with van der Waals surface area (Å²) < 4.78 is 5.63. The van der Waals surface area contributed by atoms with E-state index in [9.17, 15) is 9.59 Å². The van der Waals surface area contributed by atoms with Crippen molar-refractivity contribution in [2.45, 2.75) is 20.0 Å². The Hall–Kier alpha value is -2.86. The van der Waals surface area contributed by atoms with Crippen LogP contribution < -0.4 is 15.4 Å². The zero-order chi connectivity index (χ0) is 18.2. The van der Waals surface area contributed by atoms with Gasteiger partial charge in [0, 0.05) is 17.8 Å². The molecule has 0 saturated heterocycles. The number of ether oxygens (including phenoxy) is 1. The number of nitrogens with one attached hydrogen (secondary N) is 2. The number of anilines is 1. The van der Waals surface area contributed by atoms with Gasteiger partial charge in [-0.05, 0) is 49.7 Å². The molecule has 3 N–H and O–H groups in total. The third-order valence-corrected chi connectivity index (χ3v) is 3.46. The summed E-state index contributed by atoms with van der Waals surface area (Å²) in [5, 5.41) is 14.1. The van der Waals surface area contributed by atoms with Crippen molar-refractivity contribution in [1.82, 2.24) is 5.32 Å². The third kappa shape index (κ3) is 5.61. The third-order valence-electron chi connectivity index (χ3n) is 3.46. The van der Waals surface area contributed by atoms with Crippen LogP contribution in [0.3, 0.4) is 0 Å². The fourth-order valence-electron chi connectivity index (χ4n) is 2.21. The van der Waals surface area contributed by atoms with E-state index in [1.807, 2.05) is 31.2 Å². The first kappa shape index (κ1) is 18.5. The Balaban J connectivity index is 1.98. The van der Waals surface area contributed by atoms with Gasteiger partial charge in [0.15, 0.2) is 6.10 Å². The Morgan fingerprint density at radius 2 is 1.92 bits per heavy atom. The molecule has 0 unspecified atom stereocenters. The molecule has 2 aromatic carbocycles. The number of amides is 2. The number of carbonyl (C=O) groups is 2. The molecule has 132 valence electrons. The van der Waals surface area contributed by atoms with Crippen LogP contribution >= 0.6 is 0 Å². The van der Waals surface area contributed by atoms with Gasteiger partial charge in [0.05, 0.1) is 6.61 Å². The molecule has 0 spiro atoms. The zero-order valence-corrected chi connectivity index (χ0v) is 14.3. The molecule has 25 heavy (non-hydrogen) atoms. The Morgan fingerprint density at radius 1 is 1.16 bits per heavy atom. The highest BCUT2D eigenvalue weighted by Crippen LogP contribution is 2.16. The fourth-order valence-corrected chi connectivity index (χ4v) is 2.21. The molecular weight excluding hydrogens is 320 g/mol. The fraction of sp³-hybridized carbons (Fsp3) is 0.263. The molecule has 2 amide bonds. The lowest BCUT2D eigenvalue weighted by atomic mass is 10.2. The number of aliphatic hydroxyl groups is 1. The van der Waals surface area contributed by atoms with Crippen LogP contribution in [0.2, 0.25) is 0 Å². The van der Waals surface area contributed by atoms with Gasteiger partial charge in [-0.15, -0.1) is 0 Å². The van der Waals surface area contributed by atoms with E-state index in [1.54, 1.807) is 31.2 Å². The van der Waals surface area contributed by atoms with E-state index < -0.39 is 6.10 Å². The zero-order valence-electron chi connectivity index (χ0n) is 14.3. The summed E-state index contributed by atoms with van der Waals surface area (Å²) in [6.07, 6.45) is -0.726. The molecule has 0 aliphatic carbocycles. The Kier molecular flexibility index (Phi) is 6.54. The lowest BCUT2D eigenvalue weighted by molar-refractivity contribution is -0.122. The number of aliphatic hydroxyl groups excluding tert-OH is 1. The van der Waals surface area contributed by atoms with Crippen molar-refractivity contribution in [2.75, 3.05) is 18.5 Å². The van der Waals surface area contributed by atoms with Crippen molar-refractivity contribution in [3.63, 3.8) is 0 Å². The molecule has 6 heteroatoms. The van der Waals surface area contributed by atoms with Gasteiger partial charge in [0.2, 0.25) is 0 Å². The number of carbonyl (C=O) groups excluding carboxylic acids is 2. The average Bonchev–Trinajstić information content (AvgIpc) is 2.59. The Labute approximate surface area is 146 Å². The molecule has 0 fully saturated rings. The van der Waals surface area contributed by atoms with E-state index in [0.29, 0.717) is 17.0 Å². The monoisotopic (exact) mass is 342 g/mol. The molecule has 0 bridgehead atoms. The van der Waals surface area contributed by atoms with Crippen LogP contribution in [0.5, 0.6) is 5.75 Å². The van der Waals surface area contributed by atoms with E-state index in [2.05, 4.69) is 10.6 Å². The summed E-state index contributed by atoms with van der Waals surface area (Å²) >= 11 is 0. The van der Waals surface area contributed by atoms with Gasteiger partial charge in [0.25, 0.3) is 11.8 Å². The average molecular weight is 342 g/mol. The second-order valence-corrected chi connectivity index (χ2v) is 5.63. The molecule has 0 aromatic heterocycles. The quantitative estimate of drug-likeness (QED) is 0.719.